The van der Waals surface area contributed by atoms with Gasteiger partial charge in [0.05, 0.1) is 11.9 Å². The van der Waals surface area contributed by atoms with Crippen molar-refractivity contribution < 1.29 is 13.9 Å². The van der Waals surface area contributed by atoms with Gasteiger partial charge in [-0.1, -0.05) is 0 Å². The highest BCUT2D eigenvalue weighted by molar-refractivity contribution is 9.10. The van der Waals surface area contributed by atoms with E-state index in [0.717, 1.165) is 0 Å². The molecule has 1 atom stereocenters. The van der Waals surface area contributed by atoms with E-state index in [1.165, 1.54) is 10.9 Å². The zero-order valence-electron chi connectivity index (χ0n) is 9.03. The molecule has 1 heterocycles. The molecule has 0 aromatic carbocycles. The smallest absolute Gasteiger partial charge is 0.283 e. The molecule has 0 aliphatic rings. The Kier molecular flexibility index (Phi) is 5.01. The minimum atomic E-state index is -2.83. The van der Waals surface area contributed by atoms with Crippen LogP contribution in [0.1, 0.15) is 6.92 Å². The molecule has 17 heavy (non-hydrogen) atoms. The van der Waals surface area contributed by atoms with Gasteiger partial charge in [-0.05, 0) is 22.9 Å². The molecular formula is C9H12BrF2N3O2. The summed E-state index contributed by atoms with van der Waals surface area (Å²) in [6, 6.07) is 0. The zero-order valence-corrected chi connectivity index (χ0v) is 10.6. The number of hydrogen-bond acceptors (Lipinski definition) is 4. The molecule has 0 spiro atoms. The molecule has 0 saturated heterocycles. The number of nitrogens with zero attached hydrogens (tertiary/aromatic N) is 2. The first-order valence-corrected chi connectivity index (χ1v) is 5.72. The molecule has 0 aliphatic heterocycles. The second kappa shape index (κ2) is 6.06. The summed E-state index contributed by atoms with van der Waals surface area (Å²) in [5, 5.41) is 15.3. The SMILES string of the molecule is CCn1ncc(NCC(O)C(F)F)c(Br)c1=O. The Bertz CT molecular complexity index is 439. The summed E-state index contributed by atoms with van der Waals surface area (Å²) in [7, 11) is 0. The van der Waals surface area contributed by atoms with E-state index in [-0.39, 0.29) is 22.3 Å². The van der Waals surface area contributed by atoms with E-state index in [2.05, 4.69) is 26.3 Å². The number of rotatable bonds is 5. The summed E-state index contributed by atoms with van der Waals surface area (Å²) in [6.45, 7) is 1.82. The third-order valence-electron chi connectivity index (χ3n) is 2.08. The average molecular weight is 312 g/mol. The Morgan fingerprint density at radius 1 is 1.65 bits per heavy atom. The molecule has 8 heteroatoms. The van der Waals surface area contributed by atoms with Crippen molar-refractivity contribution in [1.29, 1.82) is 0 Å². The van der Waals surface area contributed by atoms with Crippen molar-refractivity contribution in [2.75, 3.05) is 11.9 Å². The number of halogens is 3. The molecule has 0 radical (unpaired) electrons. The van der Waals surface area contributed by atoms with E-state index < -0.39 is 12.5 Å². The second-order valence-electron chi connectivity index (χ2n) is 3.28. The molecule has 0 fully saturated rings. The number of aliphatic hydroxyl groups excluding tert-OH is 1. The number of aromatic nitrogens is 2. The van der Waals surface area contributed by atoms with Gasteiger partial charge >= 0.3 is 0 Å². The van der Waals surface area contributed by atoms with Crippen LogP contribution in [-0.4, -0.2) is 34.0 Å². The van der Waals surface area contributed by atoms with E-state index >= 15 is 0 Å². The van der Waals surface area contributed by atoms with E-state index in [4.69, 9.17) is 5.11 Å². The number of aryl methyl sites for hydroxylation is 1. The van der Waals surface area contributed by atoms with Gasteiger partial charge in [0.2, 0.25) is 0 Å². The van der Waals surface area contributed by atoms with Gasteiger partial charge in [-0.3, -0.25) is 4.79 Å². The third-order valence-corrected chi connectivity index (χ3v) is 2.84. The lowest BCUT2D eigenvalue weighted by Gasteiger charge is -2.13. The highest BCUT2D eigenvalue weighted by Crippen LogP contribution is 2.16. The molecule has 5 nitrogen and oxygen atoms in total. The lowest BCUT2D eigenvalue weighted by atomic mass is 10.3. The highest BCUT2D eigenvalue weighted by atomic mass is 79.9. The maximum absolute atomic E-state index is 12.0. The average Bonchev–Trinajstić information content (AvgIpc) is 2.30. The maximum atomic E-state index is 12.0. The first kappa shape index (κ1) is 14.0. The lowest BCUT2D eigenvalue weighted by molar-refractivity contribution is 0.00383. The van der Waals surface area contributed by atoms with Gasteiger partial charge in [0.25, 0.3) is 12.0 Å². The Balaban J connectivity index is 2.80. The number of hydrogen-bond donors (Lipinski definition) is 2. The fourth-order valence-electron chi connectivity index (χ4n) is 1.12. The Hall–Kier alpha value is -1.02. The predicted molar refractivity (Wildman–Crippen MR) is 62.4 cm³/mol. The van der Waals surface area contributed by atoms with Crippen LogP contribution in [0, 0.1) is 0 Å². The topological polar surface area (TPSA) is 67.2 Å². The molecule has 1 unspecified atom stereocenters. The first-order valence-electron chi connectivity index (χ1n) is 4.93. The highest BCUT2D eigenvalue weighted by Gasteiger charge is 2.17. The molecule has 0 saturated carbocycles. The molecule has 0 bridgehead atoms. The van der Waals surface area contributed by atoms with Crippen LogP contribution in [0.3, 0.4) is 0 Å². The van der Waals surface area contributed by atoms with Crippen molar-refractivity contribution in [3.63, 3.8) is 0 Å². The molecule has 1 rings (SSSR count). The van der Waals surface area contributed by atoms with Crippen LogP contribution >= 0.6 is 15.9 Å². The van der Waals surface area contributed by atoms with Gasteiger partial charge < -0.3 is 10.4 Å². The van der Waals surface area contributed by atoms with E-state index in [1.807, 2.05) is 0 Å². The molecule has 96 valence electrons. The lowest BCUT2D eigenvalue weighted by Crippen LogP contribution is -2.29. The summed E-state index contributed by atoms with van der Waals surface area (Å²) < 4.78 is 25.5. The van der Waals surface area contributed by atoms with E-state index in [0.29, 0.717) is 6.54 Å². The van der Waals surface area contributed by atoms with Gasteiger partial charge in [0.1, 0.15) is 10.6 Å². The summed E-state index contributed by atoms with van der Waals surface area (Å²) >= 11 is 3.05. The number of anilines is 1. The molecule has 0 aliphatic carbocycles. The largest absolute Gasteiger partial charge is 0.385 e. The van der Waals surface area contributed by atoms with Crippen molar-refractivity contribution >= 4 is 21.6 Å². The van der Waals surface area contributed by atoms with Crippen molar-refractivity contribution in [2.24, 2.45) is 0 Å². The summed E-state index contributed by atoms with van der Waals surface area (Å²) in [6.07, 6.45) is -3.27. The quantitative estimate of drug-likeness (QED) is 0.853. The fraction of sp³-hybridized carbons (Fsp3) is 0.556. The van der Waals surface area contributed by atoms with Gasteiger partial charge in [-0.25, -0.2) is 13.5 Å². The summed E-state index contributed by atoms with van der Waals surface area (Å²) in [5.74, 6) is 0. The fourth-order valence-corrected chi connectivity index (χ4v) is 1.56. The van der Waals surface area contributed by atoms with Crippen LogP contribution in [-0.2, 0) is 6.54 Å². The Morgan fingerprint density at radius 2 is 2.29 bits per heavy atom. The number of aliphatic hydroxyl groups is 1. The van der Waals surface area contributed by atoms with Crippen molar-refractivity contribution in [3.8, 4) is 0 Å². The Labute approximate surface area is 105 Å². The van der Waals surface area contributed by atoms with Crippen molar-refractivity contribution in [1.82, 2.24) is 9.78 Å². The van der Waals surface area contributed by atoms with E-state index in [1.54, 1.807) is 6.92 Å². The first-order chi connectivity index (χ1) is 7.97. The van der Waals surface area contributed by atoms with Crippen LogP contribution < -0.4 is 10.9 Å². The number of alkyl halides is 2. The van der Waals surface area contributed by atoms with Crippen LogP contribution in [0.5, 0.6) is 0 Å². The van der Waals surface area contributed by atoms with Crippen LogP contribution in [0.4, 0.5) is 14.5 Å². The normalized spacial score (nSPS) is 12.8. The van der Waals surface area contributed by atoms with Crippen LogP contribution in [0.15, 0.2) is 15.5 Å². The molecule has 0 amide bonds. The van der Waals surface area contributed by atoms with Gasteiger partial charge in [0, 0.05) is 13.1 Å². The van der Waals surface area contributed by atoms with Gasteiger partial charge in [-0.2, -0.15) is 5.10 Å². The minimum absolute atomic E-state index is 0.204. The predicted octanol–water partition coefficient (Wildman–Crippen LogP) is 1.06. The molecule has 2 N–H and O–H groups in total. The molecule has 1 aromatic rings. The Morgan fingerprint density at radius 3 is 2.82 bits per heavy atom. The summed E-state index contributed by atoms with van der Waals surface area (Å²) in [4.78, 5) is 11.6. The second-order valence-corrected chi connectivity index (χ2v) is 4.07. The van der Waals surface area contributed by atoms with Gasteiger partial charge in [-0.15, -0.1) is 0 Å². The molecular weight excluding hydrogens is 300 g/mol. The van der Waals surface area contributed by atoms with Crippen molar-refractivity contribution in [3.05, 3.63) is 21.0 Å². The summed E-state index contributed by atoms with van der Waals surface area (Å²) in [5.41, 5.74) is -0.0802. The van der Waals surface area contributed by atoms with E-state index in [9.17, 15) is 13.6 Å². The van der Waals surface area contributed by atoms with Gasteiger partial charge in [0.15, 0.2) is 0 Å². The third kappa shape index (κ3) is 3.47. The monoisotopic (exact) mass is 311 g/mol. The number of nitrogens with one attached hydrogen (secondary N) is 1. The van der Waals surface area contributed by atoms with Crippen LogP contribution in [0.2, 0.25) is 0 Å². The standard InChI is InChI=1S/C9H12BrF2N3O2/c1-2-15-9(17)7(10)5(3-14-15)13-4-6(16)8(11)12/h3,6,8,13,16H,2,4H2,1H3. The maximum Gasteiger partial charge on any atom is 0.283 e. The van der Waals surface area contributed by atoms with Crippen molar-refractivity contribution in [2.45, 2.75) is 26.0 Å². The zero-order chi connectivity index (χ0) is 13.0. The molecule has 1 aromatic heterocycles. The minimum Gasteiger partial charge on any atom is -0.385 e. The van der Waals surface area contributed by atoms with Crippen LogP contribution in [0.25, 0.3) is 0 Å².